The third-order valence-corrected chi connectivity index (χ3v) is 3.43. The van der Waals surface area contributed by atoms with E-state index in [0.717, 1.165) is 5.69 Å². The largest absolute Gasteiger partial charge is 0.361 e. The molecule has 1 N–H and O–H groups in total. The van der Waals surface area contributed by atoms with Crippen LogP contribution in [0, 0.1) is 0 Å². The molecular formula is C15H13ClN4O. The van der Waals surface area contributed by atoms with Crippen LogP contribution in [0.3, 0.4) is 0 Å². The van der Waals surface area contributed by atoms with Crippen LogP contribution in [0.15, 0.2) is 54.5 Å². The van der Waals surface area contributed by atoms with Crippen molar-refractivity contribution < 1.29 is 4.79 Å². The van der Waals surface area contributed by atoms with Gasteiger partial charge in [0.1, 0.15) is 0 Å². The zero-order valence-electron chi connectivity index (χ0n) is 11.2. The molecule has 0 atom stereocenters. The molecule has 5 nitrogen and oxygen atoms in total. The fraction of sp³-hybridized carbons (Fsp3) is 0.133. The van der Waals surface area contributed by atoms with E-state index in [1.165, 1.54) is 0 Å². The number of anilines is 2. The Morgan fingerprint density at radius 3 is 2.62 bits per heavy atom. The van der Waals surface area contributed by atoms with E-state index >= 15 is 0 Å². The molecule has 1 aliphatic heterocycles. The average Bonchev–Trinajstić information content (AvgIpc) is 2.89. The molecule has 1 aromatic heterocycles. The van der Waals surface area contributed by atoms with Crippen LogP contribution in [0.1, 0.15) is 6.42 Å². The summed E-state index contributed by atoms with van der Waals surface area (Å²) in [6.45, 7) is 0.594. The highest BCUT2D eigenvalue weighted by atomic mass is 35.5. The molecule has 0 radical (unpaired) electrons. The second-order valence-electron chi connectivity index (χ2n) is 4.58. The summed E-state index contributed by atoms with van der Waals surface area (Å²) >= 11 is 5.83. The minimum Gasteiger partial charge on any atom is -0.361 e. The smallest absolute Gasteiger partial charge is 0.258 e. The lowest BCUT2D eigenvalue weighted by atomic mass is 10.2. The highest BCUT2D eigenvalue weighted by Crippen LogP contribution is 2.21. The maximum absolute atomic E-state index is 12.3. The average molecular weight is 301 g/mol. The second-order valence-corrected chi connectivity index (χ2v) is 5.01. The number of nitrogens with one attached hydrogen (secondary N) is 1. The Morgan fingerprint density at radius 2 is 1.90 bits per heavy atom. The number of rotatable bonds is 3. The molecule has 2 aromatic rings. The van der Waals surface area contributed by atoms with Crippen LogP contribution in [0.25, 0.3) is 0 Å². The molecule has 0 spiro atoms. The molecule has 1 aromatic carbocycles. The summed E-state index contributed by atoms with van der Waals surface area (Å²) in [6, 6.07) is 9.03. The van der Waals surface area contributed by atoms with Crippen LogP contribution < -0.4 is 10.2 Å². The van der Waals surface area contributed by atoms with Crippen LogP contribution in [0.5, 0.6) is 0 Å². The van der Waals surface area contributed by atoms with E-state index in [0.29, 0.717) is 29.5 Å². The molecule has 0 saturated carbocycles. The molecule has 1 fully saturated rings. The van der Waals surface area contributed by atoms with Gasteiger partial charge in [0.2, 0.25) is 5.95 Å². The van der Waals surface area contributed by atoms with Gasteiger partial charge in [0.05, 0.1) is 0 Å². The highest BCUT2D eigenvalue weighted by molar-refractivity contribution is 6.30. The van der Waals surface area contributed by atoms with Crippen molar-refractivity contribution in [2.45, 2.75) is 6.42 Å². The van der Waals surface area contributed by atoms with Gasteiger partial charge in [-0.1, -0.05) is 11.6 Å². The molecule has 0 unspecified atom stereocenters. The first kappa shape index (κ1) is 13.6. The lowest BCUT2D eigenvalue weighted by molar-refractivity contribution is -0.114. The third-order valence-electron chi connectivity index (χ3n) is 3.18. The summed E-state index contributed by atoms with van der Waals surface area (Å²) in [5.74, 6) is 0.375. The Kier molecular flexibility index (Phi) is 3.83. The van der Waals surface area contributed by atoms with E-state index in [1.54, 1.807) is 41.7 Å². The van der Waals surface area contributed by atoms with Crippen LogP contribution in [-0.4, -0.2) is 22.4 Å². The zero-order valence-corrected chi connectivity index (χ0v) is 11.9. The molecule has 1 aliphatic rings. The molecule has 0 bridgehead atoms. The molecule has 0 aliphatic carbocycles. The first-order valence-electron chi connectivity index (χ1n) is 6.54. The minimum absolute atomic E-state index is 0.0670. The summed E-state index contributed by atoms with van der Waals surface area (Å²) in [7, 11) is 0. The predicted octanol–water partition coefficient (Wildman–Crippen LogP) is 2.86. The van der Waals surface area contributed by atoms with Gasteiger partial charge in [-0.2, -0.15) is 0 Å². The molecule has 1 saturated heterocycles. The predicted molar refractivity (Wildman–Crippen MR) is 82.2 cm³/mol. The fourth-order valence-corrected chi connectivity index (χ4v) is 2.21. The van der Waals surface area contributed by atoms with E-state index in [1.807, 2.05) is 12.1 Å². The first-order valence-corrected chi connectivity index (χ1v) is 6.92. The lowest BCUT2D eigenvalue weighted by Crippen LogP contribution is -2.26. The first-order chi connectivity index (χ1) is 10.2. The monoisotopic (exact) mass is 300 g/mol. The molecule has 106 valence electrons. The Balaban J connectivity index is 1.71. The van der Waals surface area contributed by atoms with E-state index in [9.17, 15) is 4.79 Å². The number of aromatic nitrogens is 2. The van der Waals surface area contributed by atoms with Crippen LogP contribution in [0.4, 0.5) is 11.6 Å². The SMILES string of the molecule is O=C1/C(=C/Nc2ccc(Cl)cc2)CCN1c1ncccn1. The minimum atomic E-state index is -0.0670. The van der Waals surface area contributed by atoms with Gasteiger partial charge in [-0.25, -0.2) is 9.97 Å². The number of carbonyl (C=O) groups excluding carboxylic acids is 1. The van der Waals surface area contributed by atoms with Gasteiger partial charge < -0.3 is 5.32 Å². The number of halogens is 1. The summed E-state index contributed by atoms with van der Waals surface area (Å²) < 4.78 is 0. The van der Waals surface area contributed by atoms with Crippen molar-refractivity contribution in [1.29, 1.82) is 0 Å². The fourth-order valence-electron chi connectivity index (χ4n) is 2.09. The molecule has 21 heavy (non-hydrogen) atoms. The van der Waals surface area contributed by atoms with Gasteiger partial charge in [0.25, 0.3) is 5.91 Å². The van der Waals surface area contributed by atoms with Crippen molar-refractivity contribution in [2.24, 2.45) is 0 Å². The van der Waals surface area contributed by atoms with E-state index in [-0.39, 0.29) is 5.91 Å². The Hall–Kier alpha value is -2.40. The number of benzene rings is 1. The standard InChI is InChI=1S/C15H13ClN4O/c16-12-2-4-13(5-3-12)19-10-11-6-9-20(14(11)21)15-17-7-1-8-18-15/h1-5,7-8,10,19H,6,9H2/b11-10+. The van der Waals surface area contributed by atoms with E-state index in [2.05, 4.69) is 15.3 Å². The van der Waals surface area contributed by atoms with Gasteiger partial charge in [0.15, 0.2) is 0 Å². The Morgan fingerprint density at radius 1 is 1.19 bits per heavy atom. The van der Waals surface area contributed by atoms with Gasteiger partial charge >= 0.3 is 0 Å². The second kappa shape index (κ2) is 5.93. The quantitative estimate of drug-likeness (QED) is 0.886. The number of carbonyl (C=O) groups is 1. The maximum Gasteiger partial charge on any atom is 0.258 e. The van der Waals surface area contributed by atoms with Gasteiger partial charge in [-0.3, -0.25) is 9.69 Å². The summed E-state index contributed by atoms with van der Waals surface area (Å²) in [5.41, 5.74) is 1.59. The normalized spacial score (nSPS) is 16.5. The van der Waals surface area contributed by atoms with Crippen LogP contribution in [-0.2, 0) is 4.79 Å². The van der Waals surface area contributed by atoms with Crippen molar-refractivity contribution in [2.75, 3.05) is 16.8 Å². The molecule has 3 rings (SSSR count). The molecule has 6 heteroatoms. The third kappa shape index (κ3) is 3.03. The Labute approximate surface area is 127 Å². The van der Waals surface area contributed by atoms with Crippen LogP contribution >= 0.6 is 11.6 Å². The van der Waals surface area contributed by atoms with E-state index in [4.69, 9.17) is 11.6 Å². The van der Waals surface area contributed by atoms with Crippen molar-refractivity contribution >= 4 is 29.1 Å². The van der Waals surface area contributed by atoms with Crippen LogP contribution in [0.2, 0.25) is 5.02 Å². The Bertz CT molecular complexity index is 670. The topological polar surface area (TPSA) is 58.1 Å². The molecular weight excluding hydrogens is 288 g/mol. The summed E-state index contributed by atoms with van der Waals surface area (Å²) in [4.78, 5) is 22.1. The van der Waals surface area contributed by atoms with Crippen molar-refractivity contribution in [3.63, 3.8) is 0 Å². The summed E-state index contributed by atoms with van der Waals surface area (Å²) in [5, 5.41) is 3.79. The van der Waals surface area contributed by atoms with Crippen molar-refractivity contribution in [1.82, 2.24) is 9.97 Å². The maximum atomic E-state index is 12.3. The number of amides is 1. The van der Waals surface area contributed by atoms with Gasteiger partial charge in [-0.05, 0) is 36.8 Å². The van der Waals surface area contributed by atoms with Crippen molar-refractivity contribution in [3.05, 3.63) is 59.5 Å². The van der Waals surface area contributed by atoms with Gasteiger partial charge in [0, 0.05) is 41.4 Å². The van der Waals surface area contributed by atoms with Gasteiger partial charge in [-0.15, -0.1) is 0 Å². The number of hydrogen-bond acceptors (Lipinski definition) is 4. The number of nitrogens with zero attached hydrogens (tertiary/aromatic N) is 3. The van der Waals surface area contributed by atoms with Crippen molar-refractivity contribution in [3.8, 4) is 0 Å². The zero-order chi connectivity index (χ0) is 14.7. The summed E-state index contributed by atoms with van der Waals surface area (Å²) in [6.07, 6.45) is 5.65. The lowest BCUT2D eigenvalue weighted by Gasteiger charge is -2.11. The number of hydrogen-bond donors (Lipinski definition) is 1. The molecule has 2 heterocycles. The van der Waals surface area contributed by atoms with E-state index < -0.39 is 0 Å². The molecule has 1 amide bonds. The highest BCUT2D eigenvalue weighted by Gasteiger charge is 2.28.